The van der Waals surface area contributed by atoms with E-state index in [4.69, 9.17) is 11.6 Å². The lowest BCUT2D eigenvalue weighted by molar-refractivity contribution is 0.0697. The molecule has 5 nitrogen and oxygen atoms in total. The number of carbonyl (C=O) groups is 1. The molecule has 1 aromatic carbocycles. The molecule has 1 fully saturated rings. The minimum atomic E-state index is -0.921. The van der Waals surface area contributed by atoms with E-state index in [1.54, 1.807) is 24.5 Å². The van der Waals surface area contributed by atoms with Crippen molar-refractivity contribution in [2.75, 3.05) is 0 Å². The van der Waals surface area contributed by atoms with Gasteiger partial charge in [-0.15, -0.1) is 0 Å². The Labute approximate surface area is 150 Å². The summed E-state index contributed by atoms with van der Waals surface area (Å²) in [6, 6.07) is 5.33. The van der Waals surface area contributed by atoms with Crippen LogP contribution in [0.5, 0.6) is 0 Å². The molecule has 1 saturated carbocycles. The summed E-state index contributed by atoms with van der Waals surface area (Å²) in [5, 5.41) is 10.9. The second-order valence-electron chi connectivity index (χ2n) is 6.56. The van der Waals surface area contributed by atoms with Crippen LogP contribution in [0.2, 0.25) is 5.02 Å². The number of hydrogen-bond acceptors (Lipinski definition) is 3. The molecule has 0 unspecified atom stereocenters. The molecule has 1 aliphatic rings. The molecule has 1 N–H and O–H groups in total. The maximum absolute atomic E-state index is 11.4. The van der Waals surface area contributed by atoms with Gasteiger partial charge in [-0.2, -0.15) is 0 Å². The van der Waals surface area contributed by atoms with Crippen molar-refractivity contribution >= 4 is 28.5 Å². The molecule has 0 amide bonds. The highest BCUT2D eigenvalue weighted by atomic mass is 35.5. The molecule has 25 heavy (non-hydrogen) atoms. The van der Waals surface area contributed by atoms with Gasteiger partial charge in [0.25, 0.3) is 0 Å². The van der Waals surface area contributed by atoms with Crippen LogP contribution in [0.25, 0.3) is 22.4 Å². The average molecular weight is 356 g/mol. The first-order valence-corrected chi connectivity index (χ1v) is 8.77. The zero-order valence-electron chi connectivity index (χ0n) is 13.9. The van der Waals surface area contributed by atoms with Crippen molar-refractivity contribution in [2.24, 2.45) is 7.05 Å². The van der Waals surface area contributed by atoms with E-state index >= 15 is 0 Å². The third-order valence-corrected chi connectivity index (χ3v) is 5.28. The van der Waals surface area contributed by atoms with Crippen LogP contribution >= 0.6 is 11.6 Å². The predicted molar refractivity (Wildman–Crippen MR) is 97.1 cm³/mol. The number of halogens is 1. The van der Waals surface area contributed by atoms with Crippen LogP contribution in [0.4, 0.5) is 0 Å². The first-order chi connectivity index (χ1) is 12.1. The third-order valence-electron chi connectivity index (χ3n) is 5.08. The van der Waals surface area contributed by atoms with Crippen LogP contribution in [0.15, 0.2) is 30.6 Å². The first-order valence-electron chi connectivity index (χ1n) is 8.40. The highest BCUT2D eigenvalue weighted by molar-refractivity contribution is 6.30. The maximum Gasteiger partial charge on any atom is 0.335 e. The van der Waals surface area contributed by atoms with Gasteiger partial charge in [0.05, 0.1) is 16.3 Å². The second kappa shape index (κ2) is 6.15. The molecule has 1 aliphatic carbocycles. The Balaban J connectivity index is 2.01. The van der Waals surface area contributed by atoms with Gasteiger partial charge in [-0.3, -0.25) is 0 Å². The molecule has 0 atom stereocenters. The molecule has 2 heterocycles. The first kappa shape index (κ1) is 16.1. The fraction of sp³-hybridized carbons (Fsp3) is 0.316. The van der Waals surface area contributed by atoms with Crippen molar-refractivity contribution < 1.29 is 9.90 Å². The van der Waals surface area contributed by atoms with Gasteiger partial charge in [0.1, 0.15) is 0 Å². The summed E-state index contributed by atoms with van der Waals surface area (Å²) >= 11 is 5.94. The number of nitrogens with zero attached hydrogens (tertiary/aromatic N) is 3. The Morgan fingerprint density at radius 2 is 1.92 bits per heavy atom. The minimum Gasteiger partial charge on any atom is -0.478 e. The lowest BCUT2D eigenvalue weighted by atomic mass is 9.93. The second-order valence-corrected chi connectivity index (χ2v) is 7.00. The van der Waals surface area contributed by atoms with E-state index in [1.165, 1.54) is 18.4 Å². The number of rotatable bonds is 3. The summed E-state index contributed by atoms with van der Waals surface area (Å²) in [7, 11) is 1.94. The molecule has 0 aliphatic heterocycles. The SMILES string of the molecule is Cn1c(-c2ncc(Cl)cn2)c(C2CCCC2)c2ccc(C(=O)O)cc21. The van der Waals surface area contributed by atoms with Gasteiger partial charge in [-0.25, -0.2) is 14.8 Å². The highest BCUT2D eigenvalue weighted by Crippen LogP contribution is 2.43. The quantitative estimate of drug-likeness (QED) is 0.742. The Kier molecular flexibility index (Phi) is 3.96. The third kappa shape index (κ3) is 2.68. The van der Waals surface area contributed by atoms with Crippen LogP contribution in [0.1, 0.15) is 47.5 Å². The largest absolute Gasteiger partial charge is 0.478 e. The smallest absolute Gasteiger partial charge is 0.335 e. The summed E-state index contributed by atoms with van der Waals surface area (Å²) < 4.78 is 2.01. The van der Waals surface area contributed by atoms with E-state index < -0.39 is 5.97 Å². The molecule has 0 saturated heterocycles. The van der Waals surface area contributed by atoms with Gasteiger partial charge in [-0.05, 0) is 36.5 Å². The lowest BCUT2D eigenvalue weighted by Gasteiger charge is -2.12. The van der Waals surface area contributed by atoms with E-state index in [-0.39, 0.29) is 5.56 Å². The number of hydrogen-bond donors (Lipinski definition) is 1. The van der Waals surface area contributed by atoms with Crippen LogP contribution in [0.3, 0.4) is 0 Å². The molecule has 0 radical (unpaired) electrons. The summed E-state index contributed by atoms with van der Waals surface area (Å²) in [5.74, 6) is 0.158. The molecular formula is C19H18ClN3O2. The fourth-order valence-corrected chi connectivity index (χ4v) is 4.03. The molecule has 3 aromatic rings. The van der Waals surface area contributed by atoms with E-state index in [0.29, 0.717) is 16.8 Å². The number of aromatic carboxylic acids is 1. The summed E-state index contributed by atoms with van der Waals surface area (Å²) in [5.41, 5.74) is 3.38. The zero-order valence-corrected chi connectivity index (χ0v) is 14.6. The Hall–Kier alpha value is -2.40. The van der Waals surface area contributed by atoms with Crippen molar-refractivity contribution in [2.45, 2.75) is 31.6 Å². The summed E-state index contributed by atoms with van der Waals surface area (Å²) in [6.07, 6.45) is 7.91. The van der Waals surface area contributed by atoms with Gasteiger partial charge in [0.15, 0.2) is 5.82 Å². The van der Waals surface area contributed by atoms with Gasteiger partial charge in [-0.1, -0.05) is 30.5 Å². The van der Waals surface area contributed by atoms with Crippen LogP contribution < -0.4 is 0 Å². The monoisotopic (exact) mass is 355 g/mol. The van der Waals surface area contributed by atoms with Crippen molar-refractivity contribution in [3.63, 3.8) is 0 Å². The number of benzene rings is 1. The van der Waals surface area contributed by atoms with E-state index in [9.17, 15) is 9.90 Å². The molecule has 128 valence electrons. The normalized spacial score (nSPS) is 15.1. The summed E-state index contributed by atoms with van der Waals surface area (Å²) in [4.78, 5) is 20.2. The van der Waals surface area contributed by atoms with Gasteiger partial charge < -0.3 is 9.67 Å². The fourth-order valence-electron chi connectivity index (χ4n) is 3.93. The maximum atomic E-state index is 11.4. The number of carboxylic acids is 1. The molecule has 6 heteroatoms. The van der Waals surface area contributed by atoms with Crippen LogP contribution in [-0.2, 0) is 7.05 Å². The topological polar surface area (TPSA) is 68.0 Å². The van der Waals surface area contributed by atoms with E-state index in [1.807, 2.05) is 17.7 Å². The Morgan fingerprint density at radius 1 is 1.24 bits per heavy atom. The molecular weight excluding hydrogens is 338 g/mol. The lowest BCUT2D eigenvalue weighted by Crippen LogP contribution is -2.01. The highest BCUT2D eigenvalue weighted by Gasteiger charge is 2.27. The van der Waals surface area contributed by atoms with E-state index in [0.717, 1.165) is 29.4 Å². The standard InChI is InChI=1S/C19H18ClN3O2/c1-23-15-8-12(19(24)25)6-7-14(15)16(11-4-2-3-5-11)17(23)18-21-9-13(20)10-22-18/h6-11H,2-5H2,1H3,(H,24,25). The van der Waals surface area contributed by atoms with Crippen molar-refractivity contribution in [3.8, 4) is 11.5 Å². The molecule has 2 aromatic heterocycles. The number of fused-ring (bicyclic) bond motifs is 1. The Morgan fingerprint density at radius 3 is 2.56 bits per heavy atom. The Bertz CT molecular complexity index is 957. The van der Waals surface area contributed by atoms with Crippen molar-refractivity contribution in [1.29, 1.82) is 0 Å². The van der Waals surface area contributed by atoms with E-state index in [2.05, 4.69) is 9.97 Å². The number of aryl methyl sites for hydroxylation is 1. The van der Waals surface area contributed by atoms with Crippen LogP contribution in [0, 0.1) is 0 Å². The molecule has 0 spiro atoms. The van der Waals surface area contributed by atoms with Gasteiger partial charge in [0, 0.05) is 30.3 Å². The number of aromatic nitrogens is 3. The molecule has 0 bridgehead atoms. The van der Waals surface area contributed by atoms with Crippen molar-refractivity contribution in [3.05, 3.63) is 46.7 Å². The van der Waals surface area contributed by atoms with Crippen LogP contribution in [-0.4, -0.2) is 25.6 Å². The van der Waals surface area contributed by atoms with Crippen molar-refractivity contribution in [1.82, 2.24) is 14.5 Å². The average Bonchev–Trinajstić information content (AvgIpc) is 3.22. The minimum absolute atomic E-state index is 0.287. The molecule has 4 rings (SSSR count). The predicted octanol–water partition coefficient (Wildman–Crippen LogP) is 4.64. The van der Waals surface area contributed by atoms with Gasteiger partial charge in [0.2, 0.25) is 0 Å². The number of carboxylic acid groups (broad SMARTS) is 1. The summed E-state index contributed by atoms with van der Waals surface area (Å²) in [6.45, 7) is 0. The van der Waals surface area contributed by atoms with Gasteiger partial charge >= 0.3 is 5.97 Å². The zero-order chi connectivity index (χ0) is 17.6.